The highest BCUT2D eigenvalue weighted by Gasteiger charge is 2.14. The van der Waals surface area contributed by atoms with E-state index in [1.165, 1.54) is 25.3 Å². The molecule has 0 saturated heterocycles. The number of benzene rings is 2. The van der Waals surface area contributed by atoms with Gasteiger partial charge in [0.2, 0.25) is 0 Å². The first-order valence-corrected chi connectivity index (χ1v) is 8.90. The predicted molar refractivity (Wildman–Crippen MR) is 113 cm³/mol. The molecule has 1 aromatic heterocycles. The zero-order valence-electron chi connectivity index (χ0n) is 16.5. The van der Waals surface area contributed by atoms with Crippen LogP contribution in [0.4, 0.5) is 4.39 Å². The lowest BCUT2D eigenvalue weighted by atomic mass is 10.1. The highest BCUT2D eigenvalue weighted by atomic mass is 35.5. The molecular weight excluding hydrogens is 411 g/mol. The van der Waals surface area contributed by atoms with Crippen LogP contribution in [-0.2, 0) is 13.1 Å². The number of carbonyl (C=O) groups excluding carboxylic acids is 1. The number of nitrogens with one attached hydrogen (secondary N) is 1. The summed E-state index contributed by atoms with van der Waals surface area (Å²) >= 11 is 0. The minimum atomic E-state index is -0.553. The van der Waals surface area contributed by atoms with E-state index < -0.39 is 5.82 Å². The van der Waals surface area contributed by atoms with E-state index in [1.807, 2.05) is 6.92 Å². The fourth-order valence-electron chi connectivity index (χ4n) is 2.55. The van der Waals surface area contributed by atoms with E-state index in [9.17, 15) is 9.18 Å². The maximum Gasteiger partial charge on any atom is 0.251 e. The van der Waals surface area contributed by atoms with Crippen LogP contribution >= 0.6 is 12.4 Å². The molecule has 3 aromatic rings. The second-order valence-corrected chi connectivity index (χ2v) is 6.27. The minimum absolute atomic E-state index is 0. The lowest BCUT2D eigenvalue weighted by Crippen LogP contribution is -2.23. The fraction of sp³-hybridized carbons (Fsp3) is 0.190. The predicted octanol–water partition coefficient (Wildman–Crippen LogP) is 3.54. The summed E-state index contributed by atoms with van der Waals surface area (Å²) in [5, 5.41) is 2.76. The summed E-state index contributed by atoms with van der Waals surface area (Å²) in [6.07, 6.45) is 3.23. The van der Waals surface area contributed by atoms with Gasteiger partial charge < -0.3 is 20.5 Å². The summed E-state index contributed by atoms with van der Waals surface area (Å²) in [7, 11) is 1.46. The number of nitrogens with zero attached hydrogens (tertiary/aromatic N) is 2. The zero-order valence-corrected chi connectivity index (χ0v) is 17.3. The van der Waals surface area contributed by atoms with Gasteiger partial charge in [0.05, 0.1) is 31.2 Å². The van der Waals surface area contributed by atoms with Gasteiger partial charge in [-0.3, -0.25) is 14.8 Å². The Morgan fingerprint density at radius 1 is 1.10 bits per heavy atom. The number of rotatable bonds is 7. The maximum atomic E-state index is 14.2. The Bertz CT molecular complexity index is 1020. The van der Waals surface area contributed by atoms with Gasteiger partial charge in [-0.05, 0) is 42.8 Å². The molecule has 0 radical (unpaired) electrons. The molecule has 0 aliphatic rings. The summed E-state index contributed by atoms with van der Waals surface area (Å²) in [6.45, 7) is 2.28. The van der Waals surface area contributed by atoms with Gasteiger partial charge in [0.1, 0.15) is 0 Å². The highest BCUT2D eigenvalue weighted by molar-refractivity contribution is 5.94. The molecule has 0 spiro atoms. The first-order chi connectivity index (χ1) is 14.0. The first kappa shape index (κ1) is 23.1. The van der Waals surface area contributed by atoms with Gasteiger partial charge >= 0.3 is 0 Å². The molecule has 0 fully saturated rings. The van der Waals surface area contributed by atoms with Crippen molar-refractivity contribution in [1.82, 2.24) is 15.3 Å². The molecular formula is C21H22ClFN4O3. The first-order valence-electron chi connectivity index (χ1n) is 8.90. The minimum Gasteiger partial charge on any atom is -0.493 e. The molecule has 0 aliphatic heterocycles. The van der Waals surface area contributed by atoms with E-state index in [0.717, 1.165) is 5.69 Å². The number of halogens is 2. The molecule has 0 bridgehead atoms. The maximum absolute atomic E-state index is 14.2. The number of amides is 1. The van der Waals surface area contributed by atoms with E-state index in [0.29, 0.717) is 22.6 Å². The molecule has 0 unspecified atom stereocenters. The van der Waals surface area contributed by atoms with Crippen molar-refractivity contribution in [3.05, 3.63) is 77.1 Å². The Morgan fingerprint density at radius 3 is 2.50 bits per heavy atom. The molecule has 0 aliphatic carbocycles. The Balaban J connectivity index is 0.00000320. The average molecular weight is 433 g/mol. The van der Waals surface area contributed by atoms with Crippen LogP contribution in [0.1, 0.15) is 27.3 Å². The summed E-state index contributed by atoms with van der Waals surface area (Å²) in [5.74, 6) is -0.294. The van der Waals surface area contributed by atoms with Crippen molar-refractivity contribution >= 4 is 18.3 Å². The smallest absolute Gasteiger partial charge is 0.251 e. The summed E-state index contributed by atoms with van der Waals surface area (Å²) in [5.41, 5.74) is 7.93. The van der Waals surface area contributed by atoms with E-state index in [1.54, 1.807) is 30.6 Å². The van der Waals surface area contributed by atoms with E-state index in [4.69, 9.17) is 15.2 Å². The lowest BCUT2D eigenvalue weighted by molar-refractivity contribution is 0.0950. The molecule has 7 nitrogen and oxygen atoms in total. The average Bonchev–Trinajstić information content (AvgIpc) is 2.74. The second-order valence-electron chi connectivity index (χ2n) is 6.27. The molecule has 3 N–H and O–H groups in total. The molecule has 0 saturated carbocycles. The third-order valence-corrected chi connectivity index (χ3v) is 4.14. The number of ether oxygens (including phenoxy) is 2. The Labute approximate surface area is 179 Å². The van der Waals surface area contributed by atoms with E-state index in [2.05, 4.69) is 15.3 Å². The number of hydrogen-bond acceptors (Lipinski definition) is 6. The van der Waals surface area contributed by atoms with Crippen LogP contribution in [0.15, 0.2) is 48.8 Å². The SMILES string of the molecule is COc1ccc(C(=O)NCc2cnc(C)cn2)cc1Oc1ccc(CN)cc1F.Cl. The third-order valence-electron chi connectivity index (χ3n) is 4.14. The monoisotopic (exact) mass is 432 g/mol. The number of aromatic nitrogens is 2. The number of nitrogens with two attached hydrogens (primary N) is 1. The molecule has 1 heterocycles. The summed E-state index contributed by atoms with van der Waals surface area (Å²) in [4.78, 5) is 20.8. The van der Waals surface area contributed by atoms with Crippen LogP contribution in [0, 0.1) is 12.7 Å². The van der Waals surface area contributed by atoms with Crippen molar-refractivity contribution in [1.29, 1.82) is 0 Å². The van der Waals surface area contributed by atoms with Gasteiger partial charge in [-0.25, -0.2) is 4.39 Å². The van der Waals surface area contributed by atoms with Crippen molar-refractivity contribution in [3.8, 4) is 17.2 Å². The topological polar surface area (TPSA) is 99.4 Å². The number of aryl methyl sites for hydroxylation is 1. The zero-order chi connectivity index (χ0) is 20.8. The fourth-order valence-corrected chi connectivity index (χ4v) is 2.55. The third kappa shape index (κ3) is 5.65. The van der Waals surface area contributed by atoms with Gasteiger partial charge in [0, 0.05) is 18.3 Å². The summed E-state index contributed by atoms with van der Waals surface area (Å²) in [6, 6.07) is 9.13. The Hall–Kier alpha value is -3.23. The quantitative estimate of drug-likeness (QED) is 0.592. The number of carbonyl (C=O) groups is 1. The van der Waals surface area contributed by atoms with E-state index in [-0.39, 0.29) is 42.9 Å². The highest BCUT2D eigenvalue weighted by Crippen LogP contribution is 2.33. The van der Waals surface area contributed by atoms with Crippen LogP contribution in [-0.4, -0.2) is 23.0 Å². The second kappa shape index (κ2) is 10.5. The lowest BCUT2D eigenvalue weighted by Gasteiger charge is -2.13. The number of methoxy groups -OCH3 is 1. The van der Waals surface area contributed by atoms with Crippen LogP contribution in [0.3, 0.4) is 0 Å². The largest absolute Gasteiger partial charge is 0.493 e. The molecule has 2 aromatic carbocycles. The molecule has 0 atom stereocenters. The van der Waals surface area contributed by atoms with Gasteiger partial charge in [0.25, 0.3) is 5.91 Å². The van der Waals surface area contributed by atoms with Gasteiger partial charge in [-0.15, -0.1) is 12.4 Å². The number of hydrogen-bond donors (Lipinski definition) is 2. The van der Waals surface area contributed by atoms with Gasteiger partial charge in [0.15, 0.2) is 23.1 Å². The molecule has 3 rings (SSSR count). The van der Waals surface area contributed by atoms with Crippen molar-refractivity contribution in [2.75, 3.05) is 7.11 Å². The van der Waals surface area contributed by atoms with Crippen molar-refractivity contribution in [3.63, 3.8) is 0 Å². The van der Waals surface area contributed by atoms with Crippen LogP contribution in [0.25, 0.3) is 0 Å². The molecule has 1 amide bonds. The van der Waals surface area contributed by atoms with Crippen molar-refractivity contribution < 1.29 is 18.7 Å². The normalized spacial score (nSPS) is 10.1. The Morgan fingerprint density at radius 2 is 1.87 bits per heavy atom. The van der Waals surface area contributed by atoms with Crippen LogP contribution < -0.4 is 20.5 Å². The van der Waals surface area contributed by atoms with Crippen molar-refractivity contribution in [2.45, 2.75) is 20.0 Å². The molecule has 158 valence electrons. The van der Waals surface area contributed by atoms with Crippen LogP contribution in [0.2, 0.25) is 0 Å². The van der Waals surface area contributed by atoms with Crippen molar-refractivity contribution in [2.24, 2.45) is 5.73 Å². The molecule has 9 heteroatoms. The van der Waals surface area contributed by atoms with E-state index >= 15 is 0 Å². The standard InChI is InChI=1S/C21H21FN4O3.ClH/c1-13-10-25-16(11-24-13)12-26-21(27)15-4-6-19(28-2)20(8-15)29-18-5-3-14(9-23)7-17(18)22;/h3-8,10-11H,9,12,23H2,1-2H3,(H,26,27);1H. The van der Waals surface area contributed by atoms with Crippen LogP contribution in [0.5, 0.6) is 17.2 Å². The summed E-state index contributed by atoms with van der Waals surface area (Å²) < 4.78 is 25.2. The molecule has 30 heavy (non-hydrogen) atoms. The van der Waals surface area contributed by atoms with Gasteiger partial charge in [-0.2, -0.15) is 0 Å². The van der Waals surface area contributed by atoms with Gasteiger partial charge in [-0.1, -0.05) is 6.07 Å². The Kier molecular flexibility index (Phi) is 8.08.